The Morgan fingerprint density at radius 1 is 1.21 bits per heavy atom. The molecule has 1 aromatic rings. The van der Waals surface area contributed by atoms with Crippen molar-refractivity contribution in [2.45, 2.75) is 39.0 Å². The fourth-order valence-corrected chi connectivity index (χ4v) is 2.99. The van der Waals surface area contributed by atoms with Crippen LogP contribution in [-0.4, -0.2) is 48.9 Å². The number of nitrogens with one attached hydrogen (secondary N) is 1. The molecule has 5 nitrogen and oxygen atoms in total. The lowest BCUT2D eigenvalue weighted by Gasteiger charge is -2.33. The highest BCUT2D eigenvalue weighted by Gasteiger charge is 2.27. The highest BCUT2D eigenvalue weighted by molar-refractivity contribution is 5.92. The highest BCUT2D eigenvalue weighted by atomic mass is 16.2. The molecule has 0 bridgehead atoms. The summed E-state index contributed by atoms with van der Waals surface area (Å²) in [5, 5.41) is 3.01. The van der Waals surface area contributed by atoms with E-state index in [2.05, 4.69) is 31.3 Å². The van der Waals surface area contributed by atoms with Gasteiger partial charge in [0.15, 0.2) is 0 Å². The average Bonchev–Trinajstić information content (AvgIpc) is 2.61. The van der Waals surface area contributed by atoms with Gasteiger partial charge in [-0.2, -0.15) is 0 Å². The fourth-order valence-electron chi connectivity index (χ4n) is 2.99. The summed E-state index contributed by atoms with van der Waals surface area (Å²) in [6, 6.07) is 8.15. The summed E-state index contributed by atoms with van der Waals surface area (Å²) in [7, 11) is 3.51. The lowest BCUT2D eigenvalue weighted by atomic mass is 9.95. The molecule has 1 atom stereocenters. The highest BCUT2D eigenvalue weighted by Crippen LogP contribution is 2.23. The molecule has 0 saturated carbocycles. The number of urea groups is 1. The number of rotatable bonds is 4. The Bertz CT molecular complexity index is 560. The van der Waals surface area contributed by atoms with Gasteiger partial charge in [-0.25, -0.2) is 4.79 Å². The molecule has 0 spiro atoms. The molecule has 1 heterocycles. The van der Waals surface area contributed by atoms with Gasteiger partial charge in [-0.1, -0.05) is 26.0 Å². The number of amides is 3. The molecular formula is C19H29N3O2. The lowest BCUT2D eigenvalue weighted by molar-refractivity contribution is -0.121. The number of anilines is 1. The van der Waals surface area contributed by atoms with Crippen molar-refractivity contribution in [1.82, 2.24) is 9.80 Å². The van der Waals surface area contributed by atoms with E-state index in [1.54, 1.807) is 19.0 Å². The Morgan fingerprint density at radius 3 is 2.29 bits per heavy atom. The summed E-state index contributed by atoms with van der Waals surface area (Å²) in [5.41, 5.74) is 2.14. The normalized spacial score (nSPS) is 16.6. The van der Waals surface area contributed by atoms with E-state index >= 15 is 0 Å². The molecule has 1 N–H and O–H groups in total. The number of hydrogen-bond acceptors (Lipinski definition) is 2. The first-order chi connectivity index (χ1) is 11.4. The van der Waals surface area contributed by atoms with Crippen LogP contribution in [0.1, 0.15) is 44.6 Å². The zero-order valence-corrected chi connectivity index (χ0v) is 15.2. The number of benzene rings is 1. The van der Waals surface area contributed by atoms with Crippen LogP contribution in [0.2, 0.25) is 0 Å². The molecule has 0 unspecified atom stereocenters. The van der Waals surface area contributed by atoms with Crippen molar-refractivity contribution in [1.29, 1.82) is 0 Å². The minimum absolute atomic E-state index is 0.0227. The van der Waals surface area contributed by atoms with Gasteiger partial charge in [0, 0.05) is 38.8 Å². The molecule has 1 aliphatic rings. The summed E-state index contributed by atoms with van der Waals surface area (Å²) >= 11 is 0. The molecule has 5 heteroatoms. The largest absolute Gasteiger partial charge is 0.331 e. The molecule has 132 valence electrons. The molecule has 1 aliphatic heterocycles. The maximum absolute atomic E-state index is 12.4. The van der Waals surface area contributed by atoms with E-state index in [-0.39, 0.29) is 17.9 Å². The Balaban J connectivity index is 1.86. The third-order valence-corrected chi connectivity index (χ3v) is 4.88. The first kappa shape index (κ1) is 18.3. The second kappa shape index (κ2) is 8.18. The topological polar surface area (TPSA) is 52.7 Å². The van der Waals surface area contributed by atoms with Crippen molar-refractivity contribution in [2.75, 3.05) is 32.5 Å². The van der Waals surface area contributed by atoms with E-state index < -0.39 is 0 Å². The number of carbonyl (C=O) groups excluding carboxylic acids is 2. The van der Waals surface area contributed by atoms with Crippen molar-refractivity contribution < 1.29 is 9.59 Å². The molecule has 1 saturated heterocycles. The number of piperidine rings is 1. The van der Waals surface area contributed by atoms with Gasteiger partial charge >= 0.3 is 6.03 Å². The van der Waals surface area contributed by atoms with Crippen LogP contribution in [0.15, 0.2) is 24.3 Å². The van der Waals surface area contributed by atoms with Crippen LogP contribution in [-0.2, 0) is 4.79 Å². The van der Waals surface area contributed by atoms with Gasteiger partial charge in [0.25, 0.3) is 0 Å². The number of carbonyl (C=O) groups is 2. The zero-order chi connectivity index (χ0) is 17.7. The maximum atomic E-state index is 12.4. The van der Waals surface area contributed by atoms with E-state index in [4.69, 9.17) is 0 Å². The fraction of sp³-hybridized carbons (Fsp3) is 0.579. The number of nitrogens with zero attached hydrogens (tertiary/aromatic N) is 2. The van der Waals surface area contributed by atoms with Crippen LogP contribution in [0, 0.1) is 5.92 Å². The summed E-state index contributed by atoms with van der Waals surface area (Å²) < 4.78 is 0. The van der Waals surface area contributed by atoms with Gasteiger partial charge in [0.05, 0.1) is 0 Å². The molecular weight excluding hydrogens is 302 g/mol. The molecule has 2 rings (SSSR count). The van der Waals surface area contributed by atoms with Crippen molar-refractivity contribution >= 4 is 17.6 Å². The van der Waals surface area contributed by atoms with Crippen LogP contribution < -0.4 is 5.32 Å². The van der Waals surface area contributed by atoms with Gasteiger partial charge in [-0.05, 0) is 42.9 Å². The number of hydrogen-bond donors (Lipinski definition) is 1. The van der Waals surface area contributed by atoms with E-state index in [9.17, 15) is 9.59 Å². The first-order valence-electron chi connectivity index (χ1n) is 8.79. The molecule has 0 aliphatic carbocycles. The molecule has 3 amide bonds. The van der Waals surface area contributed by atoms with E-state index in [0.717, 1.165) is 24.9 Å². The minimum Gasteiger partial charge on any atom is -0.331 e. The van der Waals surface area contributed by atoms with Gasteiger partial charge in [-0.3, -0.25) is 4.79 Å². The van der Waals surface area contributed by atoms with Crippen LogP contribution in [0.5, 0.6) is 0 Å². The van der Waals surface area contributed by atoms with E-state index in [1.165, 1.54) is 5.56 Å². The first-order valence-corrected chi connectivity index (χ1v) is 8.79. The van der Waals surface area contributed by atoms with Gasteiger partial charge in [0.2, 0.25) is 5.91 Å². The number of likely N-dealkylation sites (tertiary alicyclic amines) is 1. The summed E-state index contributed by atoms with van der Waals surface area (Å²) in [4.78, 5) is 27.7. The molecule has 0 radical (unpaired) electrons. The second-order valence-corrected chi connectivity index (χ2v) is 6.86. The standard InChI is InChI=1S/C19H29N3O2/c1-5-14(2)15-6-8-17(9-7-15)20-18(23)16-10-12-22(13-11-16)19(24)21(3)4/h6-9,14,16H,5,10-13H2,1-4H3,(H,20,23)/t14-/m0/s1. The monoisotopic (exact) mass is 331 g/mol. The Labute approximate surface area is 145 Å². The van der Waals surface area contributed by atoms with Crippen LogP contribution in [0.25, 0.3) is 0 Å². The van der Waals surface area contributed by atoms with E-state index in [1.807, 2.05) is 17.0 Å². The van der Waals surface area contributed by atoms with Crippen molar-refractivity contribution in [2.24, 2.45) is 5.92 Å². The maximum Gasteiger partial charge on any atom is 0.319 e. The predicted octanol–water partition coefficient (Wildman–Crippen LogP) is 3.53. The minimum atomic E-state index is -0.0227. The van der Waals surface area contributed by atoms with E-state index in [0.29, 0.717) is 19.0 Å². The van der Waals surface area contributed by atoms with Gasteiger partial charge in [0.1, 0.15) is 0 Å². The molecule has 24 heavy (non-hydrogen) atoms. The summed E-state index contributed by atoms with van der Waals surface area (Å²) in [6.07, 6.45) is 2.54. The molecule has 1 fully saturated rings. The lowest BCUT2D eigenvalue weighted by Crippen LogP contribution is -2.45. The second-order valence-electron chi connectivity index (χ2n) is 6.86. The third-order valence-electron chi connectivity index (χ3n) is 4.88. The average molecular weight is 331 g/mol. The Hall–Kier alpha value is -2.04. The smallest absolute Gasteiger partial charge is 0.319 e. The van der Waals surface area contributed by atoms with Crippen molar-refractivity contribution in [3.63, 3.8) is 0 Å². The van der Waals surface area contributed by atoms with Crippen molar-refractivity contribution in [3.8, 4) is 0 Å². The summed E-state index contributed by atoms with van der Waals surface area (Å²) in [6.45, 7) is 5.66. The third kappa shape index (κ3) is 4.49. The SMILES string of the molecule is CC[C@H](C)c1ccc(NC(=O)C2CCN(C(=O)N(C)C)CC2)cc1. The van der Waals surface area contributed by atoms with Crippen LogP contribution in [0.3, 0.4) is 0 Å². The predicted molar refractivity (Wildman–Crippen MR) is 97.2 cm³/mol. The molecule has 1 aromatic carbocycles. The quantitative estimate of drug-likeness (QED) is 0.917. The zero-order valence-electron chi connectivity index (χ0n) is 15.2. The van der Waals surface area contributed by atoms with Crippen LogP contribution >= 0.6 is 0 Å². The van der Waals surface area contributed by atoms with Gasteiger partial charge < -0.3 is 15.1 Å². The summed E-state index contributed by atoms with van der Waals surface area (Å²) in [5.74, 6) is 0.571. The van der Waals surface area contributed by atoms with Crippen LogP contribution in [0.4, 0.5) is 10.5 Å². The molecule has 0 aromatic heterocycles. The Kier molecular flexibility index (Phi) is 6.23. The van der Waals surface area contributed by atoms with Gasteiger partial charge in [-0.15, -0.1) is 0 Å². The Morgan fingerprint density at radius 2 is 1.79 bits per heavy atom. The van der Waals surface area contributed by atoms with Crippen molar-refractivity contribution in [3.05, 3.63) is 29.8 Å².